The van der Waals surface area contributed by atoms with Gasteiger partial charge in [-0.1, -0.05) is 25.8 Å². The van der Waals surface area contributed by atoms with Crippen molar-refractivity contribution in [3.05, 3.63) is 18.2 Å². The maximum Gasteiger partial charge on any atom is 0.144 e. The van der Waals surface area contributed by atoms with Crippen LogP contribution in [-0.2, 0) is 0 Å². The first-order valence-corrected chi connectivity index (χ1v) is 8.66. The fourth-order valence-corrected chi connectivity index (χ4v) is 4.58. The molecule has 3 aliphatic rings. The summed E-state index contributed by atoms with van der Waals surface area (Å²) in [5.74, 6) is 1.95. The molecule has 2 fully saturated rings. The lowest BCUT2D eigenvalue weighted by Gasteiger charge is -2.40. The Morgan fingerprint density at radius 1 is 1.29 bits per heavy atom. The Balaban J connectivity index is 1.67. The molecule has 2 aliphatic heterocycles. The minimum atomic E-state index is 0.687. The Morgan fingerprint density at radius 2 is 2.19 bits per heavy atom. The third-order valence-electron chi connectivity index (χ3n) is 5.45. The third-order valence-corrected chi connectivity index (χ3v) is 5.45. The first kappa shape index (κ1) is 13.3. The van der Waals surface area contributed by atoms with E-state index in [1.54, 1.807) is 0 Å². The molecule has 0 amide bonds. The molecule has 1 saturated carbocycles. The van der Waals surface area contributed by atoms with Crippen LogP contribution < -0.4 is 15.0 Å². The zero-order chi connectivity index (χ0) is 14.2. The van der Waals surface area contributed by atoms with Gasteiger partial charge in [0, 0.05) is 18.6 Å². The van der Waals surface area contributed by atoms with Gasteiger partial charge in [0.2, 0.25) is 0 Å². The number of fused-ring (bicyclic) bond motifs is 5. The van der Waals surface area contributed by atoms with Gasteiger partial charge in [0.25, 0.3) is 0 Å². The smallest absolute Gasteiger partial charge is 0.144 e. The number of nitrogens with zero attached hydrogens (tertiary/aromatic N) is 1. The summed E-state index contributed by atoms with van der Waals surface area (Å²) in [7, 11) is 0. The highest BCUT2D eigenvalue weighted by atomic mass is 16.5. The summed E-state index contributed by atoms with van der Waals surface area (Å²) in [5.41, 5.74) is 2.61. The fourth-order valence-electron chi connectivity index (χ4n) is 4.58. The van der Waals surface area contributed by atoms with Gasteiger partial charge in [-0.25, -0.2) is 0 Å². The highest BCUT2D eigenvalue weighted by Crippen LogP contribution is 2.48. The van der Waals surface area contributed by atoms with Crippen LogP contribution in [0, 0.1) is 5.92 Å². The van der Waals surface area contributed by atoms with E-state index in [4.69, 9.17) is 4.74 Å². The second-order valence-electron chi connectivity index (χ2n) is 6.79. The molecule has 3 nitrogen and oxygen atoms in total. The predicted octanol–water partition coefficient (Wildman–Crippen LogP) is 4.04. The highest BCUT2D eigenvalue weighted by molar-refractivity contribution is 5.79. The van der Waals surface area contributed by atoms with Crippen LogP contribution in [0.1, 0.15) is 45.4 Å². The van der Waals surface area contributed by atoms with E-state index in [2.05, 4.69) is 35.3 Å². The van der Waals surface area contributed by atoms with Crippen molar-refractivity contribution in [2.45, 2.75) is 57.5 Å². The molecule has 0 spiro atoms. The molecule has 0 bridgehead atoms. The summed E-state index contributed by atoms with van der Waals surface area (Å²) in [5, 5.41) is 3.65. The van der Waals surface area contributed by atoms with Gasteiger partial charge < -0.3 is 15.0 Å². The van der Waals surface area contributed by atoms with Gasteiger partial charge in [-0.2, -0.15) is 0 Å². The van der Waals surface area contributed by atoms with Gasteiger partial charge in [-0.3, -0.25) is 0 Å². The summed E-state index contributed by atoms with van der Waals surface area (Å²) in [4.78, 5) is 2.73. The van der Waals surface area contributed by atoms with Crippen molar-refractivity contribution in [2.24, 2.45) is 5.92 Å². The molecule has 1 aromatic rings. The van der Waals surface area contributed by atoms with Crippen LogP contribution in [0.5, 0.6) is 5.75 Å². The van der Waals surface area contributed by atoms with Crippen LogP contribution in [-0.4, -0.2) is 25.2 Å². The van der Waals surface area contributed by atoms with Gasteiger partial charge in [-0.15, -0.1) is 0 Å². The highest BCUT2D eigenvalue weighted by Gasteiger charge is 2.44. The molecule has 1 N–H and O–H groups in total. The molecule has 3 heteroatoms. The predicted molar refractivity (Wildman–Crippen MR) is 87.3 cm³/mol. The van der Waals surface area contributed by atoms with Crippen LogP contribution in [0.15, 0.2) is 18.2 Å². The van der Waals surface area contributed by atoms with Gasteiger partial charge >= 0.3 is 0 Å². The maximum atomic E-state index is 5.95. The number of para-hydroxylation sites is 1. The first-order valence-electron chi connectivity index (χ1n) is 8.66. The van der Waals surface area contributed by atoms with Gasteiger partial charge in [0.15, 0.2) is 0 Å². The summed E-state index contributed by atoms with van der Waals surface area (Å²) in [6.45, 7) is 4.03. The van der Waals surface area contributed by atoms with Crippen molar-refractivity contribution in [1.29, 1.82) is 0 Å². The zero-order valence-electron chi connectivity index (χ0n) is 13.0. The van der Waals surface area contributed by atoms with E-state index in [-0.39, 0.29) is 0 Å². The number of nitrogens with one attached hydrogen (secondary N) is 1. The summed E-state index contributed by atoms with van der Waals surface area (Å²) in [6, 6.07) is 8.00. The van der Waals surface area contributed by atoms with E-state index in [1.165, 1.54) is 43.5 Å². The molecular formula is C18H26N2O. The monoisotopic (exact) mass is 286 g/mol. The first-order chi connectivity index (χ1) is 10.4. The molecule has 2 heterocycles. The molecule has 21 heavy (non-hydrogen) atoms. The standard InChI is InChI=1S/C18H26N2O/c1-2-10-21-17-9-5-8-16-18(17)19-12-14-11-13-6-3-4-7-15(13)20(14)16/h5,8-9,13-15,19H,2-4,6-7,10-12H2,1H3. The lowest BCUT2D eigenvalue weighted by atomic mass is 9.85. The molecule has 0 aromatic heterocycles. The molecule has 1 aliphatic carbocycles. The number of ether oxygens (including phenoxy) is 1. The van der Waals surface area contributed by atoms with Crippen molar-refractivity contribution >= 4 is 11.4 Å². The summed E-state index contributed by atoms with van der Waals surface area (Å²) in [6.07, 6.45) is 8.07. The molecular weight excluding hydrogens is 260 g/mol. The van der Waals surface area contributed by atoms with E-state index in [0.29, 0.717) is 6.04 Å². The Hall–Kier alpha value is -1.38. The Morgan fingerprint density at radius 3 is 3.10 bits per heavy atom. The Labute approximate surface area is 127 Å². The van der Waals surface area contributed by atoms with Crippen molar-refractivity contribution < 1.29 is 4.74 Å². The lowest BCUT2D eigenvalue weighted by Crippen LogP contribution is -2.44. The van der Waals surface area contributed by atoms with Crippen LogP contribution in [0.3, 0.4) is 0 Å². The molecule has 114 valence electrons. The second-order valence-corrected chi connectivity index (χ2v) is 6.79. The van der Waals surface area contributed by atoms with Gasteiger partial charge in [0.05, 0.1) is 12.3 Å². The van der Waals surface area contributed by atoms with Crippen LogP contribution >= 0.6 is 0 Å². The Kier molecular flexibility index (Phi) is 3.44. The average Bonchev–Trinajstić information content (AvgIpc) is 2.91. The zero-order valence-corrected chi connectivity index (χ0v) is 13.0. The summed E-state index contributed by atoms with van der Waals surface area (Å²) < 4.78 is 5.95. The molecule has 4 rings (SSSR count). The van der Waals surface area contributed by atoms with E-state index in [0.717, 1.165) is 37.3 Å². The quantitative estimate of drug-likeness (QED) is 0.907. The number of hydrogen-bond acceptors (Lipinski definition) is 3. The van der Waals surface area contributed by atoms with Crippen LogP contribution in [0.2, 0.25) is 0 Å². The number of benzene rings is 1. The normalized spacial score (nSPS) is 30.1. The Bertz CT molecular complexity index is 516. The van der Waals surface area contributed by atoms with Crippen LogP contribution in [0.25, 0.3) is 0 Å². The second kappa shape index (κ2) is 5.43. The van der Waals surface area contributed by atoms with Crippen LogP contribution in [0.4, 0.5) is 11.4 Å². The van der Waals surface area contributed by atoms with E-state index in [1.807, 2.05) is 0 Å². The maximum absolute atomic E-state index is 5.95. The average molecular weight is 286 g/mol. The van der Waals surface area contributed by atoms with E-state index in [9.17, 15) is 0 Å². The minimum absolute atomic E-state index is 0.687. The largest absolute Gasteiger partial charge is 0.491 e. The fraction of sp³-hybridized carbons (Fsp3) is 0.667. The molecule has 1 aromatic carbocycles. The van der Waals surface area contributed by atoms with Crippen molar-refractivity contribution in [2.75, 3.05) is 23.4 Å². The number of hydrogen-bond donors (Lipinski definition) is 1. The lowest BCUT2D eigenvalue weighted by molar-refractivity contribution is 0.318. The molecule has 3 atom stereocenters. The number of anilines is 2. The van der Waals surface area contributed by atoms with Gasteiger partial charge in [-0.05, 0) is 43.7 Å². The van der Waals surface area contributed by atoms with Gasteiger partial charge in [0.1, 0.15) is 11.4 Å². The SMILES string of the molecule is CCCOc1cccc2c1NCC1CC3CCCCC3N21. The number of rotatable bonds is 3. The van der Waals surface area contributed by atoms with Crippen molar-refractivity contribution in [1.82, 2.24) is 0 Å². The van der Waals surface area contributed by atoms with Crippen molar-refractivity contribution in [3.8, 4) is 5.75 Å². The minimum Gasteiger partial charge on any atom is -0.491 e. The molecule has 1 saturated heterocycles. The third kappa shape index (κ3) is 2.18. The summed E-state index contributed by atoms with van der Waals surface area (Å²) >= 11 is 0. The van der Waals surface area contributed by atoms with E-state index >= 15 is 0 Å². The molecule has 0 radical (unpaired) electrons. The van der Waals surface area contributed by atoms with E-state index < -0.39 is 0 Å². The molecule has 3 unspecified atom stereocenters. The van der Waals surface area contributed by atoms with Crippen molar-refractivity contribution in [3.63, 3.8) is 0 Å². The topological polar surface area (TPSA) is 24.5 Å².